The largest absolute Gasteiger partial charge is 0.423 e. The number of ketones is 1. The number of esters is 1. The molecule has 9 nitrogen and oxygen atoms in total. The van der Waals surface area contributed by atoms with Gasteiger partial charge in [-0.15, -0.1) is 0 Å². The molecule has 3 amide bonds. The summed E-state index contributed by atoms with van der Waals surface area (Å²) in [5, 5.41) is 5.36. The fourth-order valence-corrected chi connectivity index (χ4v) is 3.46. The third-order valence-electron chi connectivity index (χ3n) is 4.17. The number of ether oxygens (including phenoxy) is 1. The Morgan fingerprint density at radius 2 is 1.62 bits per heavy atom. The topological polar surface area (TPSA) is 131 Å². The molecule has 26 heavy (non-hydrogen) atoms. The van der Waals surface area contributed by atoms with Crippen LogP contribution in [0.3, 0.4) is 0 Å². The highest BCUT2D eigenvalue weighted by Gasteiger charge is 2.49. The van der Waals surface area contributed by atoms with Crippen LogP contribution in [0.15, 0.2) is 16.4 Å². The number of carbonyl (C=O) groups excluding carboxylic acids is 5. The SMILES string of the molecule is CC(=O)N=C1C(OC(C)=O)=C(NC(C)=O)C2CC(=O)CC1C2NC(C)=O. The van der Waals surface area contributed by atoms with E-state index in [0.717, 1.165) is 0 Å². The molecular formula is C17H21N3O6. The molecule has 1 saturated carbocycles. The number of carbonyl (C=O) groups is 5. The van der Waals surface area contributed by atoms with Crippen molar-refractivity contribution in [3.8, 4) is 0 Å². The Labute approximate surface area is 150 Å². The van der Waals surface area contributed by atoms with Gasteiger partial charge in [0.25, 0.3) is 0 Å². The molecule has 0 aromatic rings. The van der Waals surface area contributed by atoms with E-state index in [4.69, 9.17) is 4.74 Å². The number of hydrogen-bond acceptors (Lipinski definition) is 6. The number of fused-ring (bicyclic) bond motifs is 2. The number of nitrogens with one attached hydrogen (secondary N) is 2. The highest BCUT2D eigenvalue weighted by atomic mass is 16.5. The molecule has 2 bridgehead atoms. The average molecular weight is 363 g/mol. The summed E-state index contributed by atoms with van der Waals surface area (Å²) in [6.07, 6.45) is 0.112. The first-order valence-corrected chi connectivity index (χ1v) is 8.18. The third-order valence-corrected chi connectivity index (χ3v) is 4.17. The quantitative estimate of drug-likeness (QED) is 0.679. The Kier molecular flexibility index (Phi) is 5.69. The van der Waals surface area contributed by atoms with Gasteiger partial charge in [0.15, 0.2) is 5.76 Å². The molecule has 0 aliphatic heterocycles. The summed E-state index contributed by atoms with van der Waals surface area (Å²) < 4.78 is 5.26. The minimum absolute atomic E-state index is 0.0213. The predicted molar refractivity (Wildman–Crippen MR) is 89.6 cm³/mol. The van der Waals surface area contributed by atoms with Gasteiger partial charge in [-0.1, -0.05) is 0 Å². The van der Waals surface area contributed by atoms with Crippen molar-refractivity contribution in [2.75, 3.05) is 0 Å². The summed E-state index contributed by atoms with van der Waals surface area (Å²) in [7, 11) is 0. The van der Waals surface area contributed by atoms with Gasteiger partial charge in [-0.05, 0) is 0 Å². The second-order valence-electron chi connectivity index (χ2n) is 6.42. The van der Waals surface area contributed by atoms with E-state index in [9.17, 15) is 24.0 Å². The summed E-state index contributed by atoms with van der Waals surface area (Å²) in [6.45, 7) is 5.01. The van der Waals surface area contributed by atoms with Crippen LogP contribution in [0.5, 0.6) is 0 Å². The molecule has 140 valence electrons. The molecule has 3 unspecified atom stereocenters. The van der Waals surface area contributed by atoms with Gasteiger partial charge in [-0.3, -0.25) is 24.0 Å². The van der Waals surface area contributed by atoms with Gasteiger partial charge in [-0.25, -0.2) is 4.99 Å². The Balaban J connectivity index is 2.71. The Morgan fingerprint density at radius 1 is 1.00 bits per heavy atom. The van der Waals surface area contributed by atoms with E-state index in [0.29, 0.717) is 0 Å². The normalized spacial score (nSPS) is 26.4. The molecule has 0 aromatic heterocycles. The molecule has 1 fully saturated rings. The monoisotopic (exact) mass is 363 g/mol. The maximum atomic E-state index is 12.2. The van der Waals surface area contributed by atoms with Crippen molar-refractivity contribution in [1.82, 2.24) is 10.6 Å². The van der Waals surface area contributed by atoms with E-state index in [2.05, 4.69) is 15.6 Å². The van der Waals surface area contributed by atoms with E-state index < -0.39 is 35.7 Å². The van der Waals surface area contributed by atoms with Crippen molar-refractivity contribution in [3.05, 3.63) is 11.5 Å². The van der Waals surface area contributed by atoms with Crippen molar-refractivity contribution in [1.29, 1.82) is 0 Å². The number of Topliss-reactive ketones (excluding diaryl/α,β-unsaturated/α-hetero) is 1. The van der Waals surface area contributed by atoms with Gasteiger partial charge in [0.05, 0.1) is 11.4 Å². The van der Waals surface area contributed by atoms with Crippen molar-refractivity contribution in [3.63, 3.8) is 0 Å². The lowest BCUT2D eigenvalue weighted by Gasteiger charge is -2.43. The molecule has 2 rings (SSSR count). The number of allylic oxidation sites excluding steroid dienone is 1. The van der Waals surface area contributed by atoms with Gasteiger partial charge in [0, 0.05) is 58.4 Å². The number of rotatable bonds is 3. The fourth-order valence-electron chi connectivity index (χ4n) is 3.46. The van der Waals surface area contributed by atoms with Gasteiger partial charge in [-0.2, -0.15) is 0 Å². The zero-order valence-electron chi connectivity index (χ0n) is 15.0. The summed E-state index contributed by atoms with van der Waals surface area (Å²) in [6, 6.07) is -0.551. The van der Waals surface area contributed by atoms with E-state index in [-0.39, 0.29) is 41.7 Å². The van der Waals surface area contributed by atoms with Crippen LogP contribution in [0.2, 0.25) is 0 Å². The highest BCUT2D eigenvalue weighted by Crippen LogP contribution is 2.40. The van der Waals surface area contributed by atoms with Gasteiger partial charge in [0.2, 0.25) is 17.7 Å². The molecule has 0 heterocycles. The molecule has 3 atom stereocenters. The van der Waals surface area contributed by atoms with E-state index >= 15 is 0 Å². The molecule has 2 aliphatic rings. The summed E-state index contributed by atoms with van der Waals surface area (Å²) in [4.78, 5) is 62.7. The maximum Gasteiger partial charge on any atom is 0.308 e. The van der Waals surface area contributed by atoms with Gasteiger partial charge in [0.1, 0.15) is 5.78 Å². The zero-order valence-corrected chi connectivity index (χ0v) is 15.0. The molecular weight excluding hydrogens is 342 g/mol. The van der Waals surface area contributed by atoms with E-state index in [1.807, 2.05) is 0 Å². The van der Waals surface area contributed by atoms with Crippen LogP contribution in [0.25, 0.3) is 0 Å². The first kappa shape index (κ1) is 19.5. The van der Waals surface area contributed by atoms with Gasteiger partial charge < -0.3 is 15.4 Å². The molecule has 2 N–H and O–H groups in total. The van der Waals surface area contributed by atoms with Crippen LogP contribution in [0.1, 0.15) is 40.5 Å². The van der Waals surface area contributed by atoms with Crippen molar-refractivity contribution in [2.45, 2.75) is 46.6 Å². The first-order valence-electron chi connectivity index (χ1n) is 8.18. The molecule has 2 aliphatic carbocycles. The van der Waals surface area contributed by atoms with Crippen LogP contribution >= 0.6 is 0 Å². The third kappa shape index (κ3) is 4.22. The molecule has 0 aromatic carbocycles. The first-order chi connectivity index (χ1) is 12.1. The molecule has 0 saturated heterocycles. The van der Waals surface area contributed by atoms with E-state index in [1.165, 1.54) is 27.7 Å². The molecule has 9 heteroatoms. The second-order valence-corrected chi connectivity index (χ2v) is 6.42. The second kappa shape index (κ2) is 7.59. The van der Waals surface area contributed by atoms with Gasteiger partial charge >= 0.3 is 5.97 Å². The Morgan fingerprint density at radius 3 is 2.12 bits per heavy atom. The van der Waals surface area contributed by atoms with Crippen LogP contribution < -0.4 is 10.6 Å². The Bertz CT molecular complexity index is 752. The lowest BCUT2D eigenvalue weighted by atomic mass is 9.68. The lowest BCUT2D eigenvalue weighted by Crippen LogP contribution is -2.57. The number of nitrogens with zero attached hydrogens (tertiary/aromatic N) is 1. The minimum Gasteiger partial charge on any atom is -0.423 e. The fraction of sp³-hybridized carbons (Fsp3) is 0.529. The number of amides is 3. The van der Waals surface area contributed by atoms with E-state index in [1.54, 1.807) is 0 Å². The van der Waals surface area contributed by atoms with Crippen LogP contribution in [0, 0.1) is 11.8 Å². The molecule has 0 spiro atoms. The minimum atomic E-state index is -0.651. The summed E-state index contributed by atoms with van der Waals surface area (Å²) >= 11 is 0. The average Bonchev–Trinajstić information content (AvgIpc) is 2.47. The number of aliphatic imine (C=N–C) groups is 1. The lowest BCUT2D eigenvalue weighted by molar-refractivity contribution is -0.137. The standard InChI is InChI=1S/C17H21N3O6/c1-7(21)18-14-12-5-11(25)6-13(14)16(20-9(3)23)17(26-10(4)24)15(12)19-8(2)22/h12-14H,5-6H2,1-4H3,(H,18,21)(H,19,22). The Hall–Kier alpha value is -2.84. The zero-order chi connectivity index (χ0) is 19.6. The van der Waals surface area contributed by atoms with Crippen molar-refractivity contribution >= 4 is 35.2 Å². The highest BCUT2D eigenvalue weighted by molar-refractivity contribution is 6.11. The molecule has 0 radical (unpaired) electrons. The summed E-state index contributed by atoms with van der Waals surface area (Å²) in [5.41, 5.74) is 0.259. The van der Waals surface area contributed by atoms with Crippen LogP contribution in [-0.4, -0.2) is 41.2 Å². The maximum absolute atomic E-state index is 12.2. The van der Waals surface area contributed by atoms with Crippen molar-refractivity contribution < 1.29 is 28.7 Å². The smallest absolute Gasteiger partial charge is 0.308 e. The van der Waals surface area contributed by atoms with Crippen molar-refractivity contribution in [2.24, 2.45) is 16.8 Å². The number of hydrogen-bond donors (Lipinski definition) is 2. The van der Waals surface area contributed by atoms with Crippen LogP contribution in [-0.2, 0) is 28.7 Å². The summed E-state index contributed by atoms with van der Waals surface area (Å²) in [5.74, 6) is -3.29. The predicted octanol–water partition coefficient (Wildman–Crippen LogP) is -0.00170. The van der Waals surface area contributed by atoms with Crippen LogP contribution in [0.4, 0.5) is 0 Å².